The highest BCUT2D eigenvalue weighted by Gasteiger charge is 2.21. The third-order valence-corrected chi connectivity index (χ3v) is 5.99. The number of esters is 1. The summed E-state index contributed by atoms with van der Waals surface area (Å²) in [5, 5.41) is 23.9. The smallest absolute Gasteiger partial charge is 0.466 e. The third kappa shape index (κ3) is 9.75. The lowest BCUT2D eigenvalue weighted by atomic mass is 9.79. The van der Waals surface area contributed by atoms with Gasteiger partial charge in [-0.3, -0.25) is 10.1 Å². The van der Waals surface area contributed by atoms with Crippen LogP contribution in [-0.4, -0.2) is 48.5 Å². The molecule has 0 aliphatic carbocycles. The molecule has 3 aromatic rings. The van der Waals surface area contributed by atoms with Gasteiger partial charge < -0.3 is 29.6 Å². The van der Waals surface area contributed by atoms with E-state index in [4.69, 9.17) is 14.2 Å². The Labute approximate surface area is 233 Å². The number of benzene rings is 3. The number of aryl methyl sites for hydroxylation is 1. The standard InChI is InChI=1S/C29H33BN2O8/c1-3-38-27(33)18-26(32-29(35)40-19-21-8-5-4-6-9-21)23-10-7-11-25(17-23)31-28(34)39-15-14-22-12-13-24(30(36)37)16-20(22)2/h4-13,16-17,26,36-37H,3,14-15,18-19H2,1-2H3,(H,31,34)(H,32,35)/t26-/m0/s1. The molecule has 0 aliphatic rings. The van der Waals surface area contributed by atoms with Crippen molar-refractivity contribution in [3.05, 3.63) is 95.1 Å². The van der Waals surface area contributed by atoms with Gasteiger partial charge in [0.1, 0.15) is 6.61 Å². The van der Waals surface area contributed by atoms with Crippen LogP contribution in [0.2, 0.25) is 0 Å². The number of carbonyl (C=O) groups excluding carboxylic acids is 3. The van der Waals surface area contributed by atoms with Crippen molar-refractivity contribution in [1.82, 2.24) is 5.32 Å². The molecule has 0 saturated heterocycles. The van der Waals surface area contributed by atoms with Crippen LogP contribution in [0.5, 0.6) is 0 Å². The molecule has 0 spiro atoms. The van der Waals surface area contributed by atoms with Gasteiger partial charge in [0.05, 0.1) is 25.7 Å². The van der Waals surface area contributed by atoms with Gasteiger partial charge >= 0.3 is 25.3 Å². The molecule has 210 valence electrons. The first-order valence-corrected chi connectivity index (χ1v) is 12.9. The highest BCUT2D eigenvalue weighted by atomic mass is 16.6. The summed E-state index contributed by atoms with van der Waals surface area (Å²) in [5.74, 6) is -0.495. The second-order valence-electron chi connectivity index (χ2n) is 8.96. The maximum absolute atomic E-state index is 12.5. The van der Waals surface area contributed by atoms with Crippen LogP contribution < -0.4 is 16.1 Å². The zero-order chi connectivity index (χ0) is 28.9. The molecule has 0 fully saturated rings. The molecule has 1 atom stereocenters. The summed E-state index contributed by atoms with van der Waals surface area (Å²) in [7, 11) is -1.54. The number of carbonyl (C=O) groups is 3. The molecule has 0 saturated carbocycles. The molecule has 0 heterocycles. The number of ether oxygens (including phenoxy) is 3. The maximum atomic E-state index is 12.5. The molecule has 0 unspecified atom stereocenters. The Morgan fingerprint density at radius 3 is 2.38 bits per heavy atom. The van der Waals surface area contributed by atoms with Crippen molar-refractivity contribution >= 4 is 36.4 Å². The molecular weight excluding hydrogens is 515 g/mol. The van der Waals surface area contributed by atoms with E-state index in [1.807, 2.05) is 37.3 Å². The van der Waals surface area contributed by atoms with Gasteiger partial charge in [0.25, 0.3) is 0 Å². The molecule has 0 radical (unpaired) electrons. The van der Waals surface area contributed by atoms with Gasteiger partial charge in [0.2, 0.25) is 0 Å². The van der Waals surface area contributed by atoms with Crippen molar-refractivity contribution in [1.29, 1.82) is 0 Å². The lowest BCUT2D eigenvalue weighted by Crippen LogP contribution is -2.31. The predicted octanol–water partition coefficient (Wildman–Crippen LogP) is 3.39. The molecule has 3 rings (SSSR count). The van der Waals surface area contributed by atoms with E-state index in [0.29, 0.717) is 23.1 Å². The van der Waals surface area contributed by atoms with E-state index in [1.165, 1.54) is 0 Å². The zero-order valence-electron chi connectivity index (χ0n) is 22.5. The van der Waals surface area contributed by atoms with Crippen molar-refractivity contribution in [3.8, 4) is 0 Å². The van der Waals surface area contributed by atoms with E-state index in [9.17, 15) is 24.4 Å². The lowest BCUT2D eigenvalue weighted by molar-refractivity contribution is -0.143. The molecule has 40 heavy (non-hydrogen) atoms. The van der Waals surface area contributed by atoms with E-state index < -0.39 is 31.3 Å². The highest BCUT2D eigenvalue weighted by Crippen LogP contribution is 2.22. The Morgan fingerprint density at radius 1 is 0.900 bits per heavy atom. The van der Waals surface area contributed by atoms with Crippen LogP contribution in [0, 0.1) is 6.92 Å². The summed E-state index contributed by atoms with van der Waals surface area (Å²) in [4.78, 5) is 37.2. The van der Waals surface area contributed by atoms with Crippen molar-refractivity contribution in [2.75, 3.05) is 18.5 Å². The molecule has 3 aromatic carbocycles. The summed E-state index contributed by atoms with van der Waals surface area (Å²) in [6.45, 7) is 3.91. The number of amides is 2. The second-order valence-corrected chi connectivity index (χ2v) is 8.96. The average molecular weight is 548 g/mol. The highest BCUT2D eigenvalue weighted by molar-refractivity contribution is 6.58. The quantitative estimate of drug-likeness (QED) is 0.153. The van der Waals surface area contributed by atoms with Crippen LogP contribution in [0.4, 0.5) is 15.3 Å². The second kappa shape index (κ2) is 15.3. The van der Waals surface area contributed by atoms with Crippen LogP contribution in [0.25, 0.3) is 0 Å². The Kier molecular flexibility index (Phi) is 11.5. The van der Waals surface area contributed by atoms with Crippen LogP contribution >= 0.6 is 0 Å². The minimum absolute atomic E-state index is 0.0687. The van der Waals surface area contributed by atoms with Gasteiger partial charge in [-0.15, -0.1) is 0 Å². The summed E-state index contributed by atoms with van der Waals surface area (Å²) >= 11 is 0. The van der Waals surface area contributed by atoms with Crippen LogP contribution in [-0.2, 0) is 32.0 Å². The fourth-order valence-corrected chi connectivity index (χ4v) is 3.95. The van der Waals surface area contributed by atoms with E-state index in [2.05, 4.69) is 10.6 Å². The van der Waals surface area contributed by atoms with Gasteiger partial charge in [0.15, 0.2) is 0 Å². The number of anilines is 1. The molecule has 0 aromatic heterocycles. The van der Waals surface area contributed by atoms with E-state index in [-0.39, 0.29) is 26.2 Å². The first-order valence-electron chi connectivity index (χ1n) is 12.9. The molecule has 10 nitrogen and oxygen atoms in total. The Bertz CT molecular complexity index is 1290. The monoisotopic (exact) mass is 548 g/mol. The number of hydrogen-bond donors (Lipinski definition) is 4. The first-order chi connectivity index (χ1) is 19.2. The topological polar surface area (TPSA) is 143 Å². The molecule has 0 aliphatic heterocycles. The molecule has 2 amide bonds. The van der Waals surface area contributed by atoms with Gasteiger partial charge in [-0.25, -0.2) is 9.59 Å². The van der Waals surface area contributed by atoms with Crippen molar-refractivity contribution < 1.29 is 38.6 Å². The summed E-state index contributed by atoms with van der Waals surface area (Å²) in [5.41, 5.74) is 3.94. The van der Waals surface area contributed by atoms with Gasteiger partial charge in [0, 0.05) is 12.1 Å². The Morgan fingerprint density at radius 2 is 1.68 bits per heavy atom. The minimum atomic E-state index is -1.54. The SMILES string of the molecule is CCOC(=O)C[C@H](NC(=O)OCc1ccccc1)c1cccc(NC(=O)OCCc2ccc(B(O)O)cc2C)c1. The van der Waals surface area contributed by atoms with Gasteiger partial charge in [-0.2, -0.15) is 0 Å². The minimum Gasteiger partial charge on any atom is -0.466 e. The average Bonchev–Trinajstić information content (AvgIpc) is 2.93. The maximum Gasteiger partial charge on any atom is 0.488 e. The van der Waals surface area contributed by atoms with Crippen LogP contribution in [0.1, 0.15) is 41.6 Å². The van der Waals surface area contributed by atoms with Crippen LogP contribution in [0.3, 0.4) is 0 Å². The van der Waals surface area contributed by atoms with Gasteiger partial charge in [-0.1, -0.05) is 60.7 Å². The predicted molar refractivity (Wildman–Crippen MR) is 150 cm³/mol. The molecule has 0 bridgehead atoms. The first kappa shape index (κ1) is 30.2. The molecule has 4 N–H and O–H groups in total. The van der Waals surface area contributed by atoms with Crippen molar-refractivity contribution in [2.24, 2.45) is 0 Å². The molecular formula is C29H33BN2O8. The van der Waals surface area contributed by atoms with Gasteiger partial charge in [-0.05, 0) is 53.7 Å². The van der Waals surface area contributed by atoms with E-state index >= 15 is 0 Å². The van der Waals surface area contributed by atoms with Crippen molar-refractivity contribution in [3.63, 3.8) is 0 Å². The summed E-state index contributed by atoms with van der Waals surface area (Å²) in [6, 6.07) is 20.2. The Balaban J connectivity index is 1.59. The summed E-state index contributed by atoms with van der Waals surface area (Å²) < 4.78 is 15.7. The van der Waals surface area contributed by atoms with Crippen molar-refractivity contribution in [2.45, 2.75) is 39.3 Å². The fourth-order valence-electron chi connectivity index (χ4n) is 3.95. The number of alkyl carbamates (subject to hydrolysis) is 1. The zero-order valence-corrected chi connectivity index (χ0v) is 22.5. The number of rotatable bonds is 12. The van der Waals surface area contributed by atoms with E-state index in [1.54, 1.807) is 49.4 Å². The normalized spacial score (nSPS) is 11.2. The summed E-state index contributed by atoms with van der Waals surface area (Å²) in [6.07, 6.45) is -1.06. The van der Waals surface area contributed by atoms with Crippen LogP contribution in [0.15, 0.2) is 72.8 Å². The lowest BCUT2D eigenvalue weighted by Gasteiger charge is -2.19. The Hall–Kier alpha value is -4.35. The number of nitrogens with one attached hydrogen (secondary N) is 2. The third-order valence-electron chi connectivity index (χ3n) is 5.99. The largest absolute Gasteiger partial charge is 0.488 e. The number of hydrogen-bond acceptors (Lipinski definition) is 8. The fraction of sp³-hybridized carbons (Fsp3) is 0.276. The molecule has 11 heteroatoms. The van der Waals surface area contributed by atoms with E-state index in [0.717, 1.165) is 16.7 Å².